The van der Waals surface area contributed by atoms with E-state index in [1.54, 1.807) is 32.4 Å². The van der Waals surface area contributed by atoms with Crippen molar-refractivity contribution in [3.8, 4) is 11.5 Å². The van der Waals surface area contributed by atoms with Crippen LogP contribution in [-0.4, -0.2) is 32.4 Å². The van der Waals surface area contributed by atoms with Gasteiger partial charge >= 0.3 is 0 Å². The maximum absolute atomic E-state index is 11.6. The molecule has 0 spiro atoms. The lowest BCUT2D eigenvalue weighted by atomic mass is 10.1. The van der Waals surface area contributed by atoms with E-state index in [0.717, 1.165) is 6.42 Å². The average Bonchev–Trinajstić information content (AvgIpc) is 2.46. The number of rotatable bonds is 4. The van der Waals surface area contributed by atoms with E-state index in [4.69, 9.17) is 9.47 Å². The zero-order valence-electron chi connectivity index (χ0n) is 11.0. The van der Waals surface area contributed by atoms with Crippen LogP contribution in [0.4, 0.5) is 5.69 Å². The van der Waals surface area contributed by atoms with Crippen molar-refractivity contribution in [2.75, 3.05) is 26.2 Å². The number of hydrazone groups is 1. The van der Waals surface area contributed by atoms with Gasteiger partial charge in [0.2, 0.25) is 0 Å². The van der Waals surface area contributed by atoms with Gasteiger partial charge in [0.15, 0.2) is 0 Å². The molecule has 1 aliphatic rings. The second kappa shape index (κ2) is 6.08. The maximum Gasteiger partial charge on any atom is 0.267 e. The summed E-state index contributed by atoms with van der Waals surface area (Å²) < 4.78 is 10.4. The zero-order valence-corrected chi connectivity index (χ0v) is 11.0. The van der Waals surface area contributed by atoms with Gasteiger partial charge in [0.25, 0.3) is 5.91 Å². The van der Waals surface area contributed by atoms with E-state index in [2.05, 4.69) is 15.8 Å². The Bertz CT molecular complexity index is 500. The number of piperidine rings is 1. The number of carbonyl (C=O) groups excluding carboxylic acids is 1. The van der Waals surface area contributed by atoms with Gasteiger partial charge < -0.3 is 14.8 Å². The Morgan fingerprint density at radius 2 is 2.16 bits per heavy atom. The van der Waals surface area contributed by atoms with Crippen LogP contribution in [-0.2, 0) is 4.79 Å². The summed E-state index contributed by atoms with van der Waals surface area (Å²) in [5, 5.41) is 6.89. The molecule has 1 heterocycles. The highest BCUT2D eigenvalue weighted by Gasteiger charge is 2.16. The molecule has 1 aromatic carbocycles. The first-order valence-electron chi connectivity index (χ1n) is 6.07. The quantitative estimate of drug-likeness (QED) is 0.805. The minimum atomic E-state index is -0.124. The van der Waals surface area contributed by atoms with Gasteiger partial charge in [-0.05, 0) is 25.0 Å². The SMILES string of the molecule is COc1ccc(OC)c(N/N=C2\CCCNC2=O)c1. The Kier molecular flexibility index (Phi) is 4.22. The molecule has 0 aliphatic carbocycles. The van der Waals surface area contributed by atoms with Crippen LogP contribution in [0, 0.1) is 0 Å². The number of nitrogens with one attached hydrogen (secondary N) is 2. The molecule has 102 valence electrons. The molecule has 1 aliphatic heterocycles. The van der Waals surface area contributed by atoms with Gasteiger partial charge in [-0.2, -0.15) is 5.10 Å². The van der Waals surface area contributed by atoms with Crippen LogP contribution in [0.15, 0.2) is 23.3 Å². The summed E-state index contributed by atoms with van der Waals surface area (Å²) in [7, 11) is 3.17. The van der Waals surface area contributed by atoms with Crippen LogP contribution < -0.4 is 20.2 Å². The van der Waals surface area contributed by atoms with Crippen molar-refractivity contribution in [2.24, 2.45) is 5.10 Å². The summed E-state index contributed by atoms with van der Waals surface area (Å²) in [4.78, 5) is 11.6. The summed E-state index contributed by atoms with van der Waals surface area (Å²) in [6.45, 7) is 0.709. The number of hydrogen-bond acceptors (Lipinski definition) is 5. The van der Waals surface area contributed by atoms with E-state index in [1.807, 2.05) is 0 Å². The smallest absolute Gasteiger partial charge is 0.267 e. The molecule has 0 unspecified atom stereocenters. The van der Waals surface area contributed by atoms with Crippen LogP contribution in [0.1, 0.15) is 12.8 Å². The Morgan fingerprint density at radius 1 is 1.32 bits per heavy atom. The van der Waals surface area contributed by atoms with E-state index in [1.165, 1.54) is 0 Å². The van der Waals surface area contributed by atoms with Crippen LogP contribution in [0.5, 0.6) is 11.5 Å². The van der Waals surface area contributed by atoms with Gasteiger partial charge in [-0.3, -0.25) is 10.2 Å². The molecule has 1 amide bonds. The van der Waals surface area contributed by atoms with Crippen LogP contribution >= 0.6 is 0 Å². The molecule has 2 rings (SSSR count). The highest BCUT2D eigenvalue weighted by molar-refractivity contribution is 6.39. The highest BCUT2D eigenvalue weighted by Crippen LogP contribution is 2.28. The largest absolute Gasteiger partial charge is 0.497 e. The predicted octanol–water partition coefficient (Wildman–Crippen LogP) is 1.38. The number of ether oxygens (including phenoxy) is 2. The normalized spacial score (nSPS) is 16.9. The molecule has 1 fully saturated rings. The Hall–Kier alpha value is -2.24. The standard InChI is InChI=1S/C13H17N3O3/c1-18-9-5-6-12(19-2)11(8-9)16-15-10-4-3-7-14-13(10)17/h5-6,8,16H,3-4,7H2,1-2H3,(H,14,17)/b15-10+. The molecule has 19 heavy (non-hydrogen) atoms. The minimum absolute atomic E-state index is 0.124. The summed E-state index contributed by atoms with van der Waals surface area (Å²) in [5.41, 5.74) is 4.02. The van der Waals surface area contributed by atoms with Crippen LogP contribution in [0.25, 0.3) is 0 Å². The van der Waals surface area contributed by atoms with Gasteiger partial charge in [-0.1, -0.05) is 0 Å². The fraction of sp³-hybridized carbons (Fsp3) is 0.385. The fourth-order valence-electron chi connectivity index (χ4n) is 1.81. The molecule has 1 saturated heterocycles. The third-order valence-electron chi connectivity index (χ3n) is 2.86. The monoisotopic (exact) mass is 263 g/mol. The Labute approximate surface area is 111 Å². The van der Waals surface area contributed by atoms with Crippen molar-refractivity contribution in [3.05, 3.63) is 18.2 Å². The van der Waals surface area contributed by atoms with Gasteiger partial charge in [0.05, 0.1) is 14.2 Å². The molecule has 0 aromatic heterocycles. The summed E-state index contributed by atoms with van der Waals surface area (Å²) in [5.74, 6) is 1.21. The van der Waals surface area contributed by atoms with Gasteiger partial charge in [0.1, 0.15) is 22.9 Å². The van der Waals surface area contributed by atoms with Crippen molar-refractivity contribution < 1.29 is 14.3 Å². The number of amides is 1. The predicted molar refractivity (Wildman–Crippen MR) is 72.8 cm³/mol. The van der Waals surface area contributed by atoms with Crippen LogP contribution in [0.3, 0.4) is 0 Å². The third kappa shape index (κ3) is 3.15. The molecule has 0 radical (unpaired) electrons. The molecule has 1 aromatic rings. The van der Waals surface area contributed by atoms with Crippen molar-refractivity contribution in [1.82, 2.24) is 5.32 Å². The molecule has 0 atom stereocenters. The zero-order chi connectivity index (χ0) is 13.7. The van der Waals surface area contributed by atoms with E-state index < -0.39 is 0 Å². The molecule has 6 heteroatoms. The van der Waals surface area contributed by atoms with Gasteiger partial charge in [0, 0.05) is 12.6 Å². The molecular weight excluding hydrogens is 246 g/mol. The van der Waals surface area contributed by atoms with Crippen LogP contribution in [0.2, 0.25) is 0 Å². The Morgan fingerprint density at radius 3 is 2.84 bits per heavy atom. The summed E-state index contributed by atoms with van der Waals surface area (Å²) in [6.07, 6.45) is 1.58. The lowest BCUT2D eigenvalue weighted by Gasteiger charge is -2.14. The van der Waals surface area contributed by atoms with E-state index >= 15 is 0 Å². The van der Waals surface area contributed by atoms with E-state index in [-0.39, 0.29) is 5.91 Å². The molecule has 2 N–H and O–H groups in total. The minimum Gasteiger partial charge on any atom is -0.497 e. The number of carbonyl (C=O) groups is 1. The summed E-state index contributed by atoms with van der Waals surface area (Å²) >= 11 is 0. The second-order valence-corrected chi connectivity index (χ2v) is 4.10. The number of benzene rings is 1. The van der Waals surface area contributed by atoms with E-state index in [9.17, 15) is 4.79 Å². The van der Waals surface area contributed by atoms with Gasteiger partial charge in [-0.25, -0.2) is 0 Å². The second-order valence-electron chi connectivity index (χ2n) is 4.10. The number of methoxy groups -OCH3 is 2. The van der Waals surface area contributed by atoms with Crippen molar-refractivity contribution in [2.45, 2.75) is 12.8 Å². The molecule has 6 nitrogen and oxygen atoms in total. The third-order valence-corrected chi connectivity index (χ3v) is 2.86. The van der Waals surface area contributed by atoms with Crippen molar-refractivity contribution >= 4 is 17.3 Å². The number of nitrogens with zero attached hydrogens (tertiary/aromatic N) is 1. The first-order chi connectivity index (χ1) is 9.24. The van der Waals surface area contributed by atoms with Crippen molar-refractivity contribution in [1.29, 1.82) is 0 Å². The topological polar surface area (TPSA) is 72.0 Å². The molecular formula is C13H17N3O3. The molecule has 0 saturated carbocycles. The first-order valence-corrected chi connectivity index (χ1v) is 6.07. The highest BCUT2D eigenvalue weighted by atomic mass is 16.5. The number of hydrogen-bond donors (Lipinski definition) is 2. The number of anilines is 1. The molecule has 0 bridgehead atoms. The fourth-order valence-corrected chi connectivity index (χ4v) is 1.81. The van der Waals surface area contributed by atoms with Gasteiger partial charge in [-0.15, -0.1) is 0 Å². The van der Waals surface area contributed by atoms with E-state index in [0.29, 0.717) is 35.9 Å². The Balaban J connectivity index is 2.17. The maximum atomic E-state index is 11.6. The van der Waals surface area contributed by atoms with Crippen molar-refractivity contribution in [3.63, 3.8) is 0 Å². The summed E-state index contributed by atoms with van der Waals surface area (Å²) in [6, 6.07) is 5.34. The lowest BCUT2D eigenvalue weighted by Crippen LogP contribution is -2.37. The average molecular weight is 263 g/mol. The first kappa shape index (κ1) is 13.2. The lowest BCUT2D eigenvalue weighted by molar-refractivity contribution is -0.115.